The molecule has 2 heterocycles. The third kappa shape index (κ3) is 3.70. The Morgan fingerprint density at radius 3 is 2.95 bits per heavy atom. The van der Waals surface area contributed by atoms with Crippen molar-refractivity contribution in [3.63, 3.8) is 0 Å². The van der Waals surface area contributed by atoms with Crippen molar-refractivity contribution in [2.24, 2.45) is 5.92 Å². The highest BCUT2D eigenvalue weighted by Crippen LogP contribution is 2.22. The van der Waals surface area contributed by atoms with Crippen molar-refractivity contribution in [3.05, 3.63) is 11.2 Å². The summed E-state index contributed by atoms with van der Waals surface area (Å²) in [5, 5.41) is 6.82. The largest absolute Gasteiger partial charge is 0.368 e. The van der Waals surface area contributed by atoms with Crippen LogP contribution < -0.4 is 10.6 Å². The van der Waals surface area contributed by atoms with Gasteiger partial charge < -0.3 is 15.5 Å². The Morgan fingerprint density at radius 1 is 1.53 bits per heavy atom. The lowest BCUT2D eigenvalue weighted by Crippen LogP contribution is -2.29. The molecule has 106 valence electrons. The Morgan fingerprint density at radius 2 is 2.32 bits per heavy atom. The summed E-state index contributed by atoms with van der Waals surface area (Å²) in [6.07, 6.45) is 2.85. The normalized spacial score (nSPS) is 19.9. The Labute approximate surface area is 119 Å². The summed E-state index contributed by atoms with van der Waals surface area (Å²) in [6.45, 7) is 7.73. The highest BCUT2D eigenvalue weighted by atomic mass is 35.5. The summed E-state index contributed by atoms with van der Waals surface area (Å²) in [7, 11) is 1.80. The van der Waals surface area contributed by atoms with Crippen LogP contribution in [0.3, 0.4) is 0 Å². The molecule has 1 aromatic rings. The van der Waals surface area contributed by atoms with E-state index in [1.54, 1.807) is 13.2 Å². The number of likely N-dealkylation sites (tertiary alicyclic amines) is 1. The van der Waals surface area contributed by atoms with Crippen LogP contribution in [0.1, 0.15) is 20.3 Å². The molecule has 0 saturated carbocycles. The van der Waals surface area contributed by atoms with E-state index in [4.69, 9.17) is 11.6 Å². The van der Waals surface area contributed by atoms with Crippen LogP contribution in [-0.2, 0) is 0 Å². The Kier molecular flexibility index (Phi) is 4.82. The van der Waals surface area contributed by atoms with Crippen LogP contribution in [0.25, 0.3) is 0 Å². The molecule has 1 saturated heterocycles. The monoisotopic (exact) mass is 283 g/mol. The van der Waals surface area contributed by atoms with Crippen molar-refractivity contribution in [1.29, 1.82) is 0 Å². The number of halogens is 1. The molecule has 1 atom stereocenters. The SMILES string of the molecule is CNc1ncc(Cl)c(NCC2CCN(C(C)C)C2)n1. The highest BCUT2D eigenvalue weighted by Gasteiger charge is 2.24. The molecule has 2 N–H and O–H groups in total. The van der Waals surface area contributed by atoms with Crippen LogP contribution in [0, 0.1) is 5.92 Å². The second-order valence-electron chi connectivity index (χ2n) is 5.26. The van der Waals surface area contributed by atoms with Gasteiger partial charge >= 0.3 is 0 Å². The molecule has 0 bridgehead atoms. The molecule has 6 heteroatoms. The zero-order chi connectivity index (χ0) is 13.8. The first-order valence-electron chi connectivity index (χ1n) is 6.78. The Balaban J connectivity index is 1.89. The lowest BCUT2D eigenvalue weighted by molar-refractivity contribution is 0.266. The van der Waals surface area contributed by atoms with Gasteiger partial charge in [0.2, 0.25) is 5.95 Å². The second kappa shape index (κ2) is 6.39. The molecule has 1 fully saturated rings. The number of nitrogens with one attached hydrogen (secondary N) is 2. The van der Waals surface area contributed by atoms with Gasteiger partial charge in [0.25, 0.3) is 0 Å². The molecule has 0 aromatic carbocycles. The topological polar surface area (TPSA) is 53.1 Å². The zero-order valence-corrected chi connectivity index (χ0v) is 12.5. The fraction of sp³-hybridized carbons (Fsp3) is 0.692. The summed E-state index contributed by atoms with van der Waals surface area (Å²) in [4.78, 5) is 10.9. The van der Waals surface area contributed by atoms with Crippen LogP contribution in [0.4, 0.5) is 11.8 Å². The molecule has 1 unspecified atom stereocenters. The van der Waals surface area contributed by atoms with Crippen LogP contribution in [-0.4, -0.2) is 47.6 Å². The molecule has 0 spiro atoms. The van der Waals surface area contributed by atoms with E-state index in [0.717, 1.165) is 13.1 Å². The van der Waals surface area contributed by atoms with Gasteiger partial charge in [-0.05, 0) is 32.7 Å². The fourth-order valence-electron chi connectivity index (χ4n) is 2.35. The fourth-order valence-corrected chi connectivity index (χ4v) is 2.51. The predicted molar refractivity (Wildman–Crippen MR) is 79.9 cm³/mol. The number of anilines is 2. The molecule has 1 aromatic heterocycles. The van der Waals surface area contributed by atoms with Crippen molar-refractivity contribution >= 4 is 23.4 Å². The third-order valence-electron chi connectivity index (χ3n) is 3.57. The molecule has 2 rings (SSSR count). The van der Waals surface area contributed by atoms with E-state index in [-0.39, 0.29) is 0 Å². The molecule has 0 amide bonds. The molecule has 0 aliphatic carbocycles. The van der Waals surface area contributed by atoms with Gasteiger partial charge in [0.15, 0.2) is 0 Å². The molecular weight excluding hydrogens is 262 g/mol. The quantitative estimate of drug-likeness (QED) is 0.869. The smallest absolute Gasteiger partial charge is 0.224 e. The minimum Gasteiger partial charge on any atom is -0.368 e. The van der Waals surface area contributed by atoms with E-state index in [1.807, 2.05) is 0 Å². The molecule has 0 radical (unpaired) electrons. The lowest BCUT2D eigenvalue weighted by atomic mass is 10.1. The lowest BCUT2D eigenvalue weighted by Gasteiger charge is -2.20. The maximum atomic E-state index is 6.09. The van der Waals surface area contributed by atoms with Crippen molar-refractivity contribution < 1.29 is 0 Å². The van der Waals surface area contributed by atoms with Gasteiger partial charge in [-0.3, -0.25) is 0 Å². The van der Waals surface area contributed by atoms with Gasteiger partial charge in [0.1, 0.15) is 10.8 Å². The maximum absolute atomic E-state index is 6.09. The second-order valence-corrected chi connectivity index (χ2v) is 5.67. The van der Waals surface area contributed by atoms with Gasteiger partial charge in [-0.15, -0.1) is 0 Å². The standard InChI is InChI=1S/C13H22ClN5/c1-9(2)19-5-4-10(8-19)6-16-12-11(14)7-17-13(15-3)18-12/h7,9-10H,4-6,8H2,1-3H3,(H2,15,16,17,18). The molecule has 1 aliphatic heterocycles. The van der Waals surface area contributed by atoms with E-state index in [1.165, 1.54) is 13.0 Å². The number of nitrogens with zero attached hydrogens (tertiary/aromatic N) is 3. The number of hydrogen-bond donors (Lipinski definition) is 2. The summed E-state index contributed by atoms with van der Waals surface area (Å²) in [5.74, 6) is 1.96. The first-order chi connectivity index (χ1) is 9.10. The summed E-state index contributed by atoms with van der Waals surface area (Å²) < 4.78 is 0. The van der Waals surface area contributed by atoms with Crippen LogP contribution in [0.2, 0.25) is 5.02 Å². The molecule has 19 heavy (non-hydrogen) atoms. The van der Waals surface area contributed by atoms with Crippen LogP contribution >= 0.6 is 11.6 Å². The van der Waals surface area contributed by atoms with Crippen molar-refractivity contribution in [2.45, 2.75) is 26.3 Å². The van der Waals surface area contributed by atoms with E-state index in [2.05, 4.69) is 39.3 Å². The van der Waals surface area contributed by atoms with E-state index >= 15 is 0 Å². The molecule has 1 aliphatic rings. The summed E-state index contributed by atoms with van der Waals surface area (Å²) >= 11 is 6.09. The van der Waals surface area contributed by atoms with E-state index in [9.17, 15) is 0 Å². The first-order valence-corrected chi connectivity index (χ1v) is 7.16. The average Bonchev–Trinajstić information content (AvgIpc) is 2.87. The highest BCUT2D eigenvalue weighted by molar-refractivity contribution is 6.32. The zero-order valence-electron chi connectivity index (χ0n) is 11.8. The number of aromatic nitrogens is 2. The van der Waals surface area contributed by atoms with Gasteiger partial charge in [-0.1, -0.05) is 11.6 Å². The molecular formula is C13H22ClN5. The minimum atomic E-state index is 0.567. The van der Waals surface area contributed by atoms with Gasteiger partial charge in [0.05, 0.1) is 6.20 Å². The van der Waals surface area contributed by atoms with E-state index < -0.39 is 0 Å². The van der Waals surface area contributed by atoms with Gasteiger partial charge in [-0.25, -0.2) is 4.98 Å². The summed E-state index contributed by atoms with van der Waals surface area (Å²) in [5.41, 5.74) is 0. The maximum Gasteiger partial charge on any atom is 0.224 e. The van der Waals surface area contributed by atoms with Crippen molar-refractivity contribution in [1.82, 2.24) is 14.9 Å². The minimum absolute atomic E-state index is 0.567. The van der Waals surface area contributed by atoms with Gasteiger partial charge in [0, 0.05) is 26.2 Å². The predicted octanol–water partition coefficient (Wildman–Crippen LogP) is 2.31. The van der Waals surface area contributed by atoms with Crippen molar-refractivity contribution in [2.75, 3.05) is 37.3 Å². The average molecular weight is 284 g/mol. The van der Waals surface area contributed by atoms with Crippen LogP contribution in [0.5, 0.6) is 0 Å². The summed E-state index contributed by atoms with van der Waals surface area (Å²) in [6, 6.07) is 0.628. The Bertz CT molecular complexity index is 423. The third-order valence-corrected chi connectivity index (χ3v) is 3.85. The first kappa shape index (κ1) is 14.3. The van der Waals surface area contributed by atoms with Crippen molar-refractivity contribution in [3.8, 4) is 0 Å². The van der Waals surface area contributed by atoms with Crippen LogP contribution in [0.15, 0.2) is 6.20 Å². The molecule has 5 nitrogen and oxygen atoms in total. The number of hydrogen-bond acceptors (Lipinski definition) is 5. The van der Waals surface area contributed by atoms with E-state index in [0.29, 0.717) is 28.7 Å². The Hall–Kier alpha value is -1.07. The van der Waals surface area contributed by atoms with Gasteiger partial charge in [-0.2, -0.15) is 4.98 Å². The number of rotatable bonds is 5.